The molecule has 2 amide bonds. The van der Waals surface area contributed by atoms with Crippen LogP contribution in [-0.4, -0.2) is 40.7 Å². The van der Waals surface area contributed by atoms with Gasteiger partial charge in [-0.15, -0.1) is 0 Å². The van der Waals surface area contributed by atoms with Crippen molar-refractivity contribution in [3.05, 3.63) is 29.8 Å². The Hall–Kier alpha value is -1.82. The second-order valence-electron chi connectivity index (χ2n) is 4.84. The maximum atomic E-state index is 12.2. The van der Waals surface area contributed by atoms with Gasteiger partial charge in [-0.05, 0) is 25.5 Å². The Balaban J connectivity index is 2.15. The SMILES string of the molecule is CCNC(=O)C[C@@H]1SC(=Nc2ccccc2C)N(C)C1=O. The maximum absolute atomic E-state index is 12.2. The zero-order valence-electron chi connectivity index (χ0n) is 12.4. The van der Waals surface area contributed by atoms with Crippen molar-refractivity contribution in [3.63, 3.8) is 0 Å². The number of nitrogens with zero attached hydrogens (tertiary/aromatic N) is 2. The lowest BCUT2D eigenvalue weighted by molar-refractivity contribution is -0.128. The van der Waals surface area contributed by atoms with Gasteiger partial charge in [-0.3, -0.25) is 14.5 Å². The Morgan fingerprint density at radius 3 is 2.81 bits per heavy atom. The van der Waals surface area contributed by atoms with E-state index in [1.54, 1.807) is 7.05 Å². The largest absolute Gasteiger partial charge is 0.356 e. The summed E-state index contributed by atoms with van der Waals surface area (Å²) in [6, 6.07) is 7.76. The van der Waals surface area contributed by atoms with E-state index in [-0.39, 0.29) is 23.5 Å². The number of carbonyl (C=O) groups is 2. The number of aliphatic imine (C=N–C) groups is 1. The fourth-order valence-corrected chi connectivity index (χ4v) is 3.17. The number of para-hydroxylation sites is 1. The number of benzene rings is 1. The van der Waals surface area contributed by atoms with E-state index in [4.69, 9.17) is 0 Å². The summed E-state index contributed by atoms with van der Waals surface area (Å²) in [7, 11) is 1.70. The molecule has 1 aromatic rings. The number of amidine groups is 1. The van der Waals surface area contributed by atoms with E-state index < -0.39 is 0 Å². The van der Waals surface area contributed by atoms with Crippen LogP contribution in [0.2, 0.25) is 0 Å². The Kier molecular flexibility index (Phi) is 5.01. The summed E-state index contributed by atoms with van der Waals surface area (Å²) in [4.78, 5) is 29.9. The summed E-state index contributed by atoms with van der Waals surface area (Å²) < 4.78 is 0. The van der Waals surface area contributed by atoms with Crippen LogP contribution in [0.25, 0.3) is 0 Å². The average Bonchev–Trinajstić information content (AvgIpc) is 2.70. The molecule has 0 saturated carbocycles. The monoisotopic (exact) mass is 305 g/mol. The van der Waals surface area contributed by atoms with Crippen LogP contribution in [0, 0.1) is 6.92 Å². The van der Waals surface area contributed by atoms with Gasteiger partial charge in [0.25, 0.3) is 0 Å². The highest BCUT2D eigenvalue weighted by Crippen LogP contribution is 2.31. The van der Waals surface area contributed by atoms with Crippen LogP contribution in [0.5, 0.6) is 0 Å². The van der Waals surface area contributed by atoms with Gasteiger partial charge in [0, 0.05) is 20.0 Å². The number of amides is 2. The zero-order chi connectivity index (χ0) is 15.4. The molecule has 0 aliphatic carbocycles. The van der Waals surface area contributed by atoms with Gasteiger partial charge in [-0.2, -0.15) is 0 Å². The van der Waals surface area contributed by atoms with Crippen LogP contribution < -0.4 is 5.32 Å². The molecule has 1 fully saturated rings. The van der Waals surface area contributed by atoms with Gasteiger partial charge in [-0.25, -0.2) is 4.99 Å². The lowest BCUT2D eigenvalue weighted by Gasteiger charge is -2.09. The second kappa shape index (κ2) is 6.76. The number of nitrogens with one attached hydrogen (secondary N) is 1. The number of rotatable bonds is 4. The topological polar surface area (TPSA) is 61.8 Å². The molecule has 0 radical (unpaired) electrons. The van der Waals surface area contributed by atoms with Crippen LogP contribution in [-0.2, 0) is 9.59 Å². The highest BCUT2D eigenvalue weighted by Gasteiger charge is 2.36. The van der Waals surface area contributed by atoms with Gasteiger partial charge in [-0.1, -0.05) is 30.0 Å². The number of hydrogen-bond donors (Lipinski definition) is 1. The Bertz CT molecular complexity index is 586. The summed E-state index contributed by atoms with van der Waals surface area (Å²) in [6.07, 6.45) is 0.189. The number of thioether (sulfide) groups is 1. The van der Waals surface area contributed by atoms with Crippen molar-refractivity contribution in [1.82, 2.24) is 10.2 Å². The molecule has 1 atom stereocenters. The van der Waals surface area contributed by atoms with Crippen LogP contribution in [0.4, 0.5) is 5.69 Å². The smallest absolute Gasteiger partial charge is 0.242 e. The molecule has 1 aliphatic rings. The molecule has 1 aromatic carbocycles. The van der Waals surface area contributed by atoms with Gasteiger partial charge in [0.15, 0.2) is 5.17 Å². The zero-order valence-corrected chi connectivity index (χ0v) is 13.2. The Morgan fingerprint density at radius 2 is 2.14 bits per heavy atom. The van der Waals surface area contributed by atoms with Crippen molar-refractivity contribution in [2.75, 3.05) is 13.6 Å². The molecular formula is C15H19N3O2S. The van der Waals surface area contributed by atoms with Crippen LogP contribution >= 0.6 is 11.8 Å². The van der Waals surface area contributed by atoms with E-state index in [9.17, 15) is 9.59 Å². The molecule has 1 N–H and O–H groups in total. The molecule has 0 spiro atoms. The summed E-state index contributed by atoms with van der Waals surface area (Å²) in [5, 5.41) is 2.98. The number of aryl methyl sites for hydroxylation is 1. The third-order valence-electron chi connectivity index (χ3n) is 3.22. The van der Waals surface area contributed by atoms with Gasteiger partial charge in [0.05, 0.1) is 5.69 Å². The first-order chi connectivity index (χ1) is 10.0. The van der Waals surface area contributed by atoms with Crippen LogP contribution in [0.3, 0.4) is 0 Å². The predicted octanol–water partition coefficient (Wildman–Crippen LogP) is 2.08. The molecule has 112 valence electrons. The first-order valence-corrected chi connectivity index (χ1v) is 7.76. The Labute approximate surface area is 128 Å². The second-order valence-corrected chi connectivity index (χ2v) is 6.01. The predicted molar refractivity (Wildman–Crippen MR) is 85.7 cm³/mol. The summed E-state index contributed by atoms with van der Waals surface area (Å²) in [5.74, 6) is -0.174. The summed E-state index contributed by atoms with van der Waals surface area (Å²) >= 11 is 1.35. The molecule has 5 nitrogen and oxygen atoms in total. The van der Waals surface area contributed by atoms with Crippen molar-refractivity contribution in [2.45, 2.75) is 25.5 Å². The standard InChI is InChI=1S/C15H19N3O2S/c1-4-16-13(19)9-12-14(20)18(3)15(21-12)17-11-8-6-5-7-10(11)2/h5-8,12H,4,9H2,1-3H3,(H,16,19)/t12-/m0/s1. The fraction of sp³-hybridized carbons (Fsp3) is 0.400. The van der Waals surface area contributed by atoms with E-state index in [1.807, 2.05) is 38.1 Å². The Morgan fingerprint density at radius 1 is 1.43 bits per heavy atom. The molecule has 1 aliphatic heterocycles. The molecule has 1 saturated heterocycles. The van der Waals surface area contributed by atoms with Gasteiger partial charge in [0.2, 0.25) is 11.8 Å². The molecule has 1 heterocycles. The molecule has 6 heteroatoms. The van der Waals surface area contributed by atoms with E-state index in [2.05, 4.69) is 10.3 Å². The first kappa shape index (κ1) is 15.6. The van der Waals surface area contributed by atoms with Gasteiger partial charge >= 0.3 is 0 Å². The van der Waals surface area contributed by atoms with Crippen molar-refractivity contribution in [1.29, 1.82) is 0 Å². The minimum absolute atomic E-state index is 0.0708. The highest BCUT2D eigenvalue weighted by molar-refractivity contribution is 8.15. The minimum atomic E-state index is -0.385. The molecule has 21 heavy (non-hydrogen) atoms. The summed E-state index contributed by atoms with van der Waals surface area (Å²) in [5.41, 5.74) is 1.90. The lowest BCUT2D eigenvalue weighted by Crippen LogP contribution is -2.32. The maximum Gasteiger partial charge on any atom is 0.242 e. The van der Waals surface area contributed by atoms with E-state index >= 15 is 0 Å². The van der Waals surface area contributed by atoms with Crippen molar-refractivity contribution in [3.8, 4) is 0 Å². The fourth-order valence-electron chi connectivity index (χ4n) is 2.03. The third kappa shape index (κ3) is 3.64. The third-order valence-corrected chi connectivity index (χ3v) is 4.45. The van der Waals surface area contributed by atoms with Crippen LogP contribution in [0.1, 0.15) is 18.9 Å². The number of hydrogen-bond acceptors (Lipinski definition) is 4. The van der Waals surface area contributed by atoms with Crippen molar-refractivity contribution < 1.29 is 9.59 Å². The van der Waals surface area contributed by atoms with E-state index in [0.29, 0.717) is 11.7 Å². The minimum Gasteiger partial charge on any atom is -0.356 e. The highest BCUT2D eigenvalue weighted by atomic mass is 32.2. The summed E-state index contributed by atoms with van der Waals surface area (Å²) in [6.45, 7) is 4.41. The van der Waals surface area contributed by atoms with E-state index in [0.717, 1.165) is 11.3 Å². The van der Waals surface area contributed by atoms with Crippen molar-refractivity contribution >= 4 is 34.4 Å². The van der Waals surface area contributed by atoms with Crippen LogP contribution in [0.15, 0.2) is 29.3 Å². The lowest BCUT2D eigenvalue weighted by atomic mass is 10.2. The van der Waals surface area contributed by atoms with Gasteiger partial charge < -0.3 is 5.32 Å². The normalized spacial score (nSPS) is 20.1. The molecule has 0 unspecified atom stereocenters. The molecule has 2 rings (SSSR count). The first-order valence-electron chi connectivity index (χ1n) is 6.88. The van der Waals surface area contributed by atoms with Crippen molar-refractivity contribution in [2.24, 2.45) is 4.99 Å². The quantitative estimate of drug-likeness (QED) is 0.926. The van der Waals surface area contributed by atoms with E-state index in [1.165, 1.54) is 16.7 Å². The molecule has 0 bridgehead atoms. The number of carbonyl (C=O) groups excluding carboxylic acids is 2. The van der Waals surface area contributed by atoms with Gasteiger partial charge in [0.1, 0.15) is 5.25 Å². The average molecular weight is 305 g/mol. The molecule has 0 aromatic heterocycles. The molecular weight excluding hydrogens is 286 g/mol.